The van der Waals surface area contributed by atoms with Gasteiger partial charge < -0.3 is 10.4 Å². The number of anilines is 1. The SMILES string of the molecule is O=C(Nc1cccc(CO)c1)c1ccc(I)cc1. The molecule has 1 amide bonds. The molecule has 0 atom stereocenters. The minimum Gasteiger partial charge on any atom is -0.392 e. The van der Waals surface area contributed by atoms with Gasteiger partial charge in [0.25, 0.3) is 5.91 Å². The normalized spacial score (nSPS) is 10.1. The van der Waals surface area contributed by atoms with Crippen LogP contribution in [-0.4, -0.2) is 11.0 Å². The third-order valence-corrected chi connectivity index (χ3v) is 3.19. The molecule has 3 nitrogen and oxygen atoms in total. The molecule has 0 spiro atoms. The van der Waals surface area contributed by atoms with Crippen LogP contribution in [0.5, 0.6) is 0 Å². The number of halogens is 1. The highest BCUT2D eigenvalue weighted by atomic mass is 127. The van der Waals surface area contributed by atoms with Crippen LogP contribution in [0.2, 0.25) is 0 Å². The molecule has 0 radical (unpaired) electrons. The predicted octanol–water partition coefficient (Wildman–Crippen LogP) is 3.04. The quantitative estimate of drug-likeness (QED) is 0.834. The summed E-state index contributed by atoms with van der Waals surface area (Å²) in [6, 6.07) is 14.5. The van der Waals surface area contributed by atoms with Gasteiger partial charge in [0.1, 0.15) is 0 Å². The van der Waals surface area contributed by atoms with Crippen LogP contribution in [0.25, 0.3) is 0 Å². The maximum atomic E-state index is 11.9. The lowest BCUT2D eigenvalue weighted by Crippen LogP contribution is -2.11. The molecule has 0 aliphatic rings. The summed E-state index contributed by atoms with van der Waals surface area (Å²) in [7, 11) is 0. The van der Waals surface area contributed by atoms with E-state index in [-0.39, 0.29) is 12.5 Å². The van der Waals surface area contributed by atoms with Crippen molar-refractivity contribution in [2.75, 3.05) is 5.32 Å². The van der Waals surface area contributed by atoms with E-state index in [1.165, 1.54) is 0 Å². The second-order valence-corrected chi connectivity index (χ2v) is 5.07. The highest BCUT2D eigenvalue weighted by Crippen LogP contribution is 2.13. The van der Waals surface area contributed by atoms with Gasteiger partial charge in [0, 0.05) is 14.8 Å². The first-order valence-corrected chi connectivity index (χ1v) is 6.53. The van der Waals surface area contributed by atoms with Crippen LogP contribution >= 0.6 is 22.6 Å². The summed E-state index contributed by atoms with van der Waals surface area (Å²) in [5, 5.41) is 11.8. The van der Waals surface area contributed by atoms with Crippen molar-refractivity contribution in [2.24, 2.45) is 0 Å². The highest BCUT2D eigenvalue weighted by Gasteiger charge is 2.05. The lowest BCUT2D eigenvalue weighted by atomic mass is 10.2. The number of aliphatic hydroxyl groups excluding tert-OH is 1. The standard InChI is InChI=1S/C14H12INO2/c15-12-6-4-11(5-7-12)14(18)16-13-3-1-2-10(8-13)9-17/h1-8,17H,9H2,(H,16,18). The van der Waals surface area contributed by atoms with Crippen molar-refractivity contribution in [1.29, 1.82) is 0 Å². The lowest BCUT2D eigenvalue weighted by molar-refractivity contribution is 0.102. The van der Waals surface area contributed by atoms with Crippen LogP contribution in [0, 0.1) is 3.57 Å². The molecule has 0 aromatic heterocycles. The Hall–Kier alpha value is -1.40. The fraction of sp³-hybridized carbons (Fsp3) is 0.0714. The molecule has 2 aromatic carbocycles. The molecule has 2 N–H and O–H groups in total. The van der Waals surface area contributed by atoms with Gasteiger partial charge >= 0.3 is 0 Å². The highest BCUT2D eigenvalue weighted by molar-refractivity contribution is 14.1. The van der Waals surface area contributed by atoms with Crippen molar-refractivity contribution in [3.63, 3.8) is 0 Å². The average molecular weight is 353 g/mol. The third kappa shape index (κ3) is 3.30. The molecule has 0 saturated carbocycles. The Morgan fingerprint density at radius 3 is 2.56 bits per heavy atom. The maximum Gasteiger partial charge on any atom is 0.255 e. The molecule has 4 heteroatoms. The molecule has 18 heavy (non-hydrogen) atoms. The Morgan fingerprint density at radius 2 is 1.89 bits per heavy atom. The molecule has 0 bridgehead atoms. The Balaban J connectivity index is 2.13. The van der Waals surface area contributed by atoms with Gasteiger partial charge in [-0.3, -0.25) is 4.79 Å². The average Bonchev–Trinajstić information content (AvgIpc) is 2.39. The van der Waals surface area contributed by atoms with Crippen LogP contribution in [-0.2, 0) is 6.61 Å². The van der Waals surface area contributed by atoms with E-state index in [0.717, 1.165) is 9.13 Å². The topological polar surface area (TPSA) is 49.3 Å². The molecule has 0 saturated heterocycles. The van der Waals surface area contributed by atoms with E-state index in [1.54, 1.807) is 36.4 Å². The lowest BCUT2D eigenvalue weighted by Gasteiger charge is -2.06. The second-order valence-electron chi connectivity index (χ2n) is 3.82. The van der Waals surface area contributed by atoms with Crippen LogP contribution < -0.4 is 5.32 Å². The number of amides is 1. The predicted molar refractivity (Wildman–Crippen MR) is 79.5 cm³/mol. The van der Waals surface area contributed by atoms with Crippen LogP contribution in [0.1, 0.15) is 15.9 Å². The summed E-state index contributed by atoms with van der Waals surface area (Å²) in [4.78, 5) is 11.9. The second kappa shape index (κ2) is 5.97. The van der Waals surface area contributed by atoms with Crippen LogP contribution in [0.15, 0.2) is 48.5 Å². The molecule has 0 unspecified atom stereocenters. The molecule has 0 aliphatic heterocycles. The molecule has 0 fully saturated rings. The van der Waals surface area contributed by atoms with E-state index in [2.05, 4.69) is 27.9 Å². The van der Waals surface area contributed by atoms with Crippen molar-refractivity contribution >= 4 is 34.2 Å². The zero-order chi connectivity index (χ0) is 13.0. The van der Waals surface area contributed by atoms with Gasteiger partial charge in [0.05, 0.1) is 6.61 Å². The summed E-state index contributed by atoms with van der Waals surface area (Å²) in [5.74, 6) is -0.151. The molecule has 2 aromatic rings. The van der Waals surface area contributed by atoms with Gasteiger partial charge in [-0.1, -0.05) is 12.1 Å². The number of aliphatic hydroxyl groups is 1. The van der Waals surface area contributed by atoms with E-state index in [1.807, 2.05) is 12.1 Å². The Kier molecular flexibility index (Phi) is 4.33. The van der Waals surface area contributed by atoms with E-state index in [4.69, 9.17) is 5.11 Å². The van der Waals surface area contributed by atoms with Gasteiger partial charge in [-0.05, 0) is 64.6 Å². The first-order chi connectivity index (χ1) is 8.69. The minimum absolute atomic E-state index is 0.0345. The largest absolute Gasteiger partial charge is 0.392 e. The minimum atomic E-state index is -0.151. The fourth-order valence-electron chi connectivity index (χ4n) is 1.55. The number of rotatable bonds is 3. The first-order valence-electron chi connectivity index (χ1n) is 5.46. The monoisotopic (exact) mass is 353 g/mol. The molecular weight excluding hydrogens is 341 g/mol. The van der Waals surface area contributed by atoms with Gasteiger partial charge in [0.2, 0.25) is 0 Å². The Morgan fingerprint density at radius 1 is 1.17 bits per heavy atom. The maximum absolute atomic E-state index is 11.9. The van der Waals surface area contributed by atoms with Gasteiger partial charge in [0.15, 0.2) is 0 Å². The van der Waals surface area contributed by atoms with Crippen molar-refractivity contribution in [3.05, 3.63) is 63.2 Å². The number of carbonyl (C=O) groups is 1. The Bertz CT molecular complexity index is 552. The van der Waals surface area contributed by atoms with E-state index < -0.39 is 0 Å². The van der Waals surface area contributed by atoms with Crippen molar-refractivity contribution in [1.82, 2.24) is 0 Å². The van der Waals surface area contributed by atoms with Crippen molar-refractivity contribution < 1.29 is 9.90 Å². The van der Waals surface area contributed by atoms with E-state index in [0.29, 0.717) is 11.3 Å². The van der Waals surface area contributed by atoms with Crippen molar-refractivity contribution in [2.45, 2.75) is 6.61 Å². The van der Waals surface area contributed by atoms with Gasteiger partial charge in [-0.2, -0.15) is 0 Å². The summed E-state index contributed by atoms with van der Waals surface area (Å²) >= 11 is 2.19. The number of hydrogen-bond acceptors (Lipinski definition) is 2. The fourth-order valence-corrected chi connectivity index (χ4v) is 1.91. The summed E-state index contributed by atoms with van der Waals surface area (Å²) in [6.45, 7) is -0.0345. The number of nitrogens with one attached hydrogen (secondary N) is 1. The van der Waals surface area contributed by atoms with Gasteiger partial charge in [-0.15, -0.1) is 0 Å². The number of benzene rings is 2. The number of hydrogen-bond donors (Lipinski definition) is 2. The van der Waals surface area contributed by atoms with Gasteiger partial charge in [-0.25, -0.2) is 0 Å². The third-order valence-electron chi connectivity index (χ3n) is 2.47. The smallest absolute Gasteiger partial charge is 0.255 e. The molecular formula is C14H12INO2. The van der Waals surface area contributed by atoms with Crippen molar-refractivity contribution in [3.8, 4) is 0 Å². The number of carbonyl (C=O) groups excluding carboxylic acids is 1. The summed E-state index contributed by atoms with van der Waals surface area (Å²) < 4.78 is 1.09. The molecule has 92 valence electrons. The zero-order valence-electron chi connectivity index (χ0n) is 9.56. The first kappa shape index (κ1) is 13.0. The van der Waals surface area contributed by atoms with Crippen LogP contribution in [0.4, 0.5) is 5.69 Å². The molecule has 2 rings (SSSR count). The van der Waals surface area contributed by atoms with E-state index in [9.17, 15) is 4.79 Å². The van der Waals surface area contributed by atoms with Crippen LogP contribution in [0.3, 0.4) is 0 Å². The molecule has 0 heterocycles. The summed E-state index contributed by atoms with van der Waals surface area (Å²) in [5.41, 5.74) is 2.07. The van der Waals surface area contributed by atoms with E-state index >= 15 is 0 Å². The Labute approximate surface area is 119 Å². The zero-order valence-corrected chi connectivity index (χ0v) is 11.7. The summed E-state index contributed by atoms with van der Waals surface area (Å²) in [6.07, 6.45) is 0. The molecule has 0 aliphatic carbocycles.